The lowest BCUT2D eigenvalue weighted by Crippen LogP contribution is -2.39. The van der Waals surface area contributed by atoms with E-state index in [-0.39, 0.29) is 5.56 Å². The van der Waals surface area contributed by atoms with E-state index in [0.29, 0.717) is 12.6 Å². The third-order valence-electron chi connectivity index (χ3n) is 4.31. The molecule has 20 heavy (non-hydrogen) atoms. The average Bonchev–Trinajstić information content (AvgIpc) is 2.93. The highest BCUT2D eigenvalue weighted by Gasteiger charge is 2.20. The quantitative estimate of drug-likeness (QED) is 0.942. The first-order chi connectivity index (χ1) is 9.75. The summed E-state index contributed by atoms with van der Waals surface area (Å²) in [5.41, 5.74) is 0.897. The zero-order valence-corrected chi connectivity index (χ0v) is 12.7. The van der Waals surface area contributed by atoms with Crippen LogP contribution in [0.2, 0.25) is 0 Å². The number of hydrogen-bond acceptors (Lipinski definition) is 4. The van der Waals surface area contributed by atoms with E-state index in [1.165, 1.54) is 37.0 Å². The standard InChI is InChI=1S/C15H21N3OS/c1-11-4-2-3-5-12(11)16-7-8-18-10-17-13-6-9-20-14(13)15(18)19/h6,9-12,16H,2-5,7-8H2,1H3. The van der Waals surface area contributed by atoms with Gasteiger partial charge in [0.05, 0.1) is 11.8 Å². The second kappa shape index (κ2) is 6.06. The van der Waals surface area contributed by atoms with Crippen LogP contribution in [0.3, 0.4) is 0 Å². The summed E-state index contributed by atoms with van der Waals surface area (Å²) < 4.78 is 2.48. The molecule has 0 spiro atoms. The van der Waals surface area contributed by atoms with E-state index in [9.17, 15) is 4.79 Å². The SMILES string of the molecule is CC1CCCCC1NCCn1cnc2ccsc2c1=O. The molecule has 0 amide bonds. The van der Waals surface area contributed by atoms with E-state index in [1.54, 1.807) is 10.9 Å². The van der Waals surface area contributed by atoms with Crippen LogP contribution >= 0.6 is 11.3 Å². The van der Waals surface area contributed by atoms with E-state index in [1.807, 2.05) is 11.4 Å². The van der Waals surface area contributed by atoms with Crippen molar-refractivity contribution in [1.29, 1.82) is 0 Å². The summed E-state index contributed by atoms with van der Waals surface area (Å²) in [6, 6.07) is 2.51. The molecule has 1 saturated carbocycles. The van der Waals surface area contributed by atoms with Gasteiger partial charge < -0.3 is 5.32 Å². The molecule has 0 aliphatic heterocycles. The van der Waals surface area contributed by atoms with E-state index < -0.39 is 0 Å². The molecule has 1 aliphatic rings. The van der Waals surface area contributed by atoms with Crippen molar-refractivity contribution in [1.82, 2.24) is 14.9 Å². The van der Waals surface area contributed by atoms with Crippen LogP contribution in [-0.4, -0.2) is 22.1 Å². The van der Waals surface area contributed by atoms with E-state index in [0.717, 1.165) is 22.7 Å². The molecule has 0 aromatic carbocycles. The van der Waals surface area contributed by atoms with Crippen LogP contribution in [0.15, 0.2) is 22.6 Å². The van der Waals surface area contributed by atoms with Crippen molar-refractivity contribution in [3.63, 3.8) is 0 Å². The molecule has 4 nitrogen and oxygen atoms in total. The van der Waals surface area contributed by atoms with Gasteiger partial charge in [-0.1, -0.05) is 19.8 Å². The summed E-state index contributed by atoms with van der Waals surface area (Å²) in [5.74, 6) is 0.748. The van der Waals surface area contributed by atoms with Gasteiger partial charge in [-0.15, -0.1) is 11.3 Å². The molecule has 2 aromatic rings. The van der Waals surface area contributed by atoms with Crippen molar-refractivity contribution in [2.75, 3.05) is 6.54 Å². The molecule has 0 saturated heterocycles. The van der Waals surface area contributed by atoms with Crippen LogP contribution in [0.5, 0.6) is 0 Å². The highest BCUT2D eigenvalue weighted by molar-refractivity contribution is 7.17. The first-order valence-corrected chi connectivity index (χ1v) is 8.29. The largest absolute Gasteiger partial charge is 0.312 e. The first-order valence-electron chi connectivity index (χ1n) is 7.42. The molecule has 2 aromatic heterocycles. The number of nitrogens with zero attached hydrogens (tertiary/aromatic N) is 2. The fourth-order valence-corrected chi connectivity index (χ4v) is 3.82. The van der Waals surface area contributed by atoms with Crippen molar-refractivity contribution in [2.45, 2.75) is 45.2 Å². The lowest BCUT2D eigenvalue weighted by molar-refractivity contribution is 0.278. The van der Waals surface area contributed by atoms with Gasteiger partial charge in [-0.2, -0.15) is 0 Å². The molecule has 5 heteroatoms. The minimum Gasteiger partial charge on any atom is -0.312 e. The third kappa shape index (κ3) is 2.79. The Morgan fingerprint density at radius 1 is 1.45 bits per heavy atom. The van der Waals surface area contributed by atoms with Gasteiger partial charge >= 0.3 is 0 Å². The zero-order valence-electron chi connectivity index (χ0n) is 11.8. The topological polar surface area (TPSA) is 46.9 Å². The Morgan fingerprint density at radius 2 is 2.30 bits per heavy atom. The molecule has 1 fully saturated rings. The predicted octanol–water partition coefficient (Wildman–Crippen LogP) is 2.63. The fraction of sp³-hybridized carbons (Fsp3) is 0.600. The summed E-state index contributed by atoms with van der Waals surface area (Å²) in [6.07, 6.45) is 6.93. The van der Waals surface area contributed by atoms with Gasteiger partial charge in [-0.25, -0.2) is 4.98 Å². The maximum atomic E-state index is 12.2. The maximum absolute atomic E-state index is 12.2. The Morgan fingerprint density at radius 3 is 3.15 bits per heavy atom. The third-order valence-corrected chi connectivity index (χ3v) is 5.20. The Bertz CT molecular complexity index is 633. The van der Waals surface area contributed by atoms with Gasteiger partial charge in [0.25, 0.3) is 5.56 Å². The molecule has 0 radical (unpaired) electrons. The molecule has 1 N–H and O–H groups in total. The number of rotatable bonds is 4. The molecule has 1 aliphatic carbocycles. The highest BCUT2D eigenvalue weighted by Crippen LogP contribution is 2.23. The Kier molecular flexibility index (Phi) is 4.17. The van der Waals surface area contributed by atoms with Crippen LogP contribution in [0.25, 0.3) is 10.2 Å². The molecule has 2 unspecified atom stereocenters. The Labute approximate surface area is 122 Å². The van der Waals surface area contributed by atoms with Crippen LogP contribution < -0.4 is 10.9 Å². The van der Waals surface area contributed by atoms with E-state index >= 15 is 0 Å². The van der Waals surface area contributed by atoms with E-state index in [2.05, 4.69) is 17.2 Å². The van der Waals surface area contributed by atoms with Gasteiger partial charge in [-0.3, -0.25) is 9.36 Å². The van der Waals surface area contributed by atoms with Gasteiger partial charge in [0, 0.05) is 19.1 Å². The van der Waals surface area contributed by atoms with E-state index in [4.69, 9.17) is 0 Å². The van der Waals surface area contributed by atoms with Gasteiger partial charge in [-0.05, 0) is 30.2 Å². The monoisotopic (exact) mass is 291 g/mol. The molecule has 108 valence electrons. The Balaban J connectivity index is 1.62. The maximum Gasteiger partial charge on any atom is 0.271 e. The van der Waals surface area contributed by atoms with Gasteiger partial charge in [0.1, 0.15) is 4.70 Å². The van der Waals surface area contributed by atoms with Crippen molar-refractivity contribution < 1.29 is 0 Å². The molecule has 3 rings (SSSR count). The smallest absolute Gasteiger partial charge is 0.271 e. The van der Waals surface area contributed by atoms with Gasteiger partial charge in [0.2, 0.25) is 0 Å². The molecule has 0 bridgehead atoms. The molecular weight excluding hydrogens is 270 g/mol. The normalized spacial score (nSPS) is 23.2. The van der Waals surface area contributed by atoms with Crippen LogP contribution in [0.4, 0.5) is 0 Å². The van der Waals surface area contributed by atoms with Crippen molar-refractivity contribution in [2.24, 2.45) is 5.92 Å². The first kappa shape index (κ1) is 13.8. The minimum absolute atomic E-state index is 0.0866. The zero-order chi connectivity index (χ0) is 13.9. The summed E-state index contributed by atoms with van der Waals surface area (Å²) in [7, 11) is 0. The molecule has 2 atom stereocenters. The average molecular weight is 291 g/mol. The summed E-state index contributed by atoms with van der Waals surface area (Å²) in [6.45, 7) is 3.86. The van der Waals surface area contributed by atoms with Crippen molar-refractivity contribution >= 4 is 21.6 Å². The van der Waals surface area contributed by atoms with Crippen LogP contribution in [0, 0.1) is 5.92 Å². The number of hydrogen-bond donors (Lipinski definition) is 1. The second-order valence-corrected chi connectivity index (χ2v) is 6.62. The second-order valence-electron chi connectivity index (χ2n) is 5.70. The molecule has 2 heterocycles. The summed E-state index contributed by atoms with van der Waals surface area (Å²) >= 11 is 1.47. The number of thiophene rings is 1. The number of fused-ring (bicyclic) bond motifs is 1. The lowest BCUT2D eigenvalue weighted by atomic mass is 9.86. The highest BCUT2D eigenvalue weighted by atomic mass is 32.1. The van der Waals surface area contributed by atoms with Crippen molar-refractivity contribution in [3.05, 3.63) is 28.1 Å². The number of nitrogens with one attached hydrogen (secondary N) is 1. The lowest BCUT2D eigenvalue weighted by Gasteiger charge is -2.29. The predicted molar refractivity (Wildman–Crippen MR) is 83.3 cm³/mol. The summed E-state index contributed by atoms with van der Waals surface area (Å²) in [4.78, 5) is 16.6. The number of aromatic nitrogens is 2. The van der Waals surface area contributed by atoms with Crippen molar-refractivity contribution in [3.8, 4) is 0 Å². The van der Waals surface area contributed by atoms with Crippen LogP contribution in [-0.2, 0) is 6.54 Å². The van der Waals surface area contributed by atoms with Crippen LogP contribution in [0.1, 0.15) is 32.6 Å². The molecular formula is C15H21N3OS. The van der Waals surface area contributed by atoms with Gasteiger partial charge in [0.15, 0.2) is 0 Å². The Hall–Kier alpha value is -1.20. The summed E-state index contributed by atoms with van der Waals surface area (Å²) in [5, 5.41) is 5.53. The minimum atomic E-state index is 0.0866. The fourth-order valence-electron chi connectivity index (χ4n) is 3.03.